The first kappa shape index (κ1) is 44.7. The number of carbonyl (C=O) groups is 3. The fourth-order valence-electron chi connectivity index (χ4n) is 5.62. The summed E-state index contributed by atoms with van der Waals surface area (Å²) in [4.78, 5) is 63.6. The Morgan fingerprint density at radius 2 is 1.28 bits per heavy atom. The number of unbranched alkanes of at least 4 members (excludes halogenated alkanes) is 3. The van der Waals surface area contributed by atoms with Crippen molar-refractivity contribution in [1.82, 2.24) is 24.7 Å². The van der Waals surface area contributed by atoms with Gasteiger partial charge in [0.2, 0.25) is 11.9 Å². The molecule has 5 rings (SSSR count). The van der Waals surface area contributed by atoms with Crippen molar-refractivity contribution in [3.05, 3.63) is 94.5 Å². The smallest absolute Gasteiger partial charge is 0.338 e. The van der Waals surface area contributed by atoms with Gasteiger partial charge in [-0.3, -0.25) is 4.89 Å². The number of ether oxygens (including phenoxy) is 3. The third-order valence-electron chi connectivity index (χ3n) is 8.82. The molecule has 2 heterocycles. The number of benzene rings is 3. The van der Waals surface area contributed by atoms with Crippen LogP contribution in [0.4, 0.5) is 29.1 Å². The van der Waals surface area contributed by atoms with E-state index in [9.17, 15) is 14.4 Å². The number of carbonyl (C=O) groups excluding carboxylic acids is 3. The maximum Gasteiger partial charge on any atom is 0.338 e. The molecule has 324 valence electrons. The summed E-state index contributed by atoms with van der Waals surface area (Å²) in [5.74, 6) is 2.86. The van der Waals surface area contributed by atoms with Crippen LogP contribution in [0.3, 0.4) is 0 Å². The number of nitrogens with one attached hydrogen (secondary N) is 2. The van der Waals surface area contributed by atoms with Gasteiger partial charge in [0.05, 0.1) is 42.2 Å². The highest BCUT2D eigenvalue weighted by Crippen LogP contribution is 2.29. The van der Waals surface area contributed by atoms with E-state index in [0.717, 1.165) is 24.8 Å². The standard InChI is InChI=1S/C45H48N8O8.4H2/c1-6-10-19-57-40(54)33-23-31(29-61-60-22-13-9-4)24-36(26-33)47-43-49-44(51-45(50-43)53-39(46)30(5)38(52-53)32-17-15-14-16-18-32)48-37-27-34(41(55)58-20-11-7-2)25-35(28-37)42(56)59-21-12-8-3;;;;/h4,14-18,23-28H,6-8,10-12,19-21,29,46H2,1-3,5H3,(H2,47,48,49,50,51);4*1H. The summed E-state index contributed by atoms with van der Waals surface area (Å²) < 4.78 is 17.8. The van der Waals surface area contributed by atoms with E-state index in [-0.39, 0.29) is 78.2 Å². The van der Waals surface area contributed by atoms with Crippen LogP contribution < -0.4 is 16.4 Å². The number of nitrogens with two attached hydrogens (primary N) is 1. The maximum atomic E-state index is 13.2. The molecule has 0 unspecified atom stereocenters. The largest absolute Gasteiger partial charge is 0.462 e. The highest BCUT2D eigenvalue weighted by molar-refractivity contribution is 5.97. The molecule has 16 heteroatoms. The van der Waals surface area contributed by atoms with E-state index in [1.807, 2.05) is 58.0 Å². The van der Waals surface area contributed by atoms with E-state index in [4.69, 9.17) is 41.2 Å². The average molecular weight is 837 g/mol. The third-order valence-corrected chi connectivity index (χ3v) is 8.82. The van der Waals surface area contributed by atoms with E-state index in [0.29, 0.717) is 41.8 Å². The van der Waals surface area contributed by atoms with Crippen LogP contribution in [0.25, 0.3) is 17.2 Å². The van der Waals surface area contributed by atoms with Gasteiger partial charge in [-0.25, -0.2) is 14.4 Å². The molecule has 0 fully saturated rings. The molecule has 0 bridgehead atoms. The molecule has 5 aromatic rings. The van der Waals surface area contributed by atoms with Crippen molar-refractivity contribution in [3.63, 3.8) is 0 Å². The fourth-order valence-corrected chi connectivity index (χ4v) is 5.62. The van der Waals surface area contributed by atoms with Crippen LogP contribution in [0.5, 0.6) is 0 Å². The molecular weight excluding hydrogens is 781 g/mol. The molecule has 0 atom stereocenters. The van der Waals surface area contributed by atoms with Crippen LogP contribution in [0.15, 0.2) is 66.7 Å². The molecular formula is C45H56N8O8. The topological polar surface area (TPSA) is 204 Å². The Balaban J connectivity index is 0.00000528. The summed E-state index contributed by atoms with van der Waals surface area (Å²) in [6, 6.07) is 18.8. The first-order chi connectivity index (χ1) is 29.6. The minimum absolute atomic E-state index is 0. The van der Waals surface area contributed by atoms with Crippen LogP contribution in [-0.4, -0.2) is 62.5 Å². The normalized spacial score (nSPS) is 10.5. The maximum absolute atomic E-state index is 13.2. The number of hydrogen-bond donors (Lipinski definition) is 3. The molecule has 0 amide bonds. The zero-order valence-corrected chi connectivity index (χ0v) is 34.6. The number of nitrogen functional groups attached to an aromatic ring is 1. The van der Waals surface area contributed by atoms with E-state index >= 15 is 0 Å². The molecule has 0 saturated heterocycles. The van der Waals surface area contributed by atoms with Crippen molar-refractivity contribution in [1.29, 1.82) is 0 Å². The molecule has 0 spiro atoms. The van der Waals surface area contributed by atoms with Crippen LogP contribution in [-0.2, 0) is 30.6 Å². The Kier molecular flexibility index (Phi) is 16.6. The molecule has 61 heavy (non-hydrogen) atoms. The number of aromatic nitrogens is 5. The highest BCUT2D eigenvalue weighted by atomic mass is 17.2. The van der Waals surface area contributed by atoms with Gasteiger partial charge < -0.3 is 30.6 Å². The first-order valence-electron chi connectivity index (χ1n) is 19.9. The van der Waals surface area contributed by atoms with Gasteiger partial charge in [0.25, 0.3) is 5.95 Å². The van der Waals surface area contributed by atoms with Gasteiger partial charge >= 0.3 is 17.9 Å². The second kappa shape index (κ2) is 22.6. The molecule has 4 N–H and O–H groups in total. The van der Waals surface area contributed by atoms with Crippen molar-refractivity contribution in [3.8, 4) is 41.6 Å². The van der Waals surface area contributed by atoms with Gasteiger partial charge in [-0.05, 0) is 74.1 Å². The molecule has 0 aliphatic rings. The SMILES string of the molecule is C#CC#COOCc1cc(Nc2nc(Nc3cc(C(=O)OCCCC)cc(C(=O)OCCCC)c3)nc(-n3nc(-c4ccccc4)c(C)c3N)n2)cc(C(=O)OCCCC)c1.[HH].[HH].[HH].[HH]. The second-order valence-electron chi connectivity index (χ2n) is 13.6. The molecule has 0 saturated carbocycles. The summed E-state index contributed by atoms with van der Waals surface area (Å²) in [6.45, 7) is 8.33. The van der Waals surface area contributed by atoms with Gasteiger partial charge in [-0.2, -0.15) is 29.6 Å². The minimum Gasteiger partial charge on any atom is -0.462 e. The van der Waals surface area contributed by atoms with E-state index in [2.05, 4.69) is 43.5 Å². The summed E-state index contributed by atoms with van der Waals surface area (Å²) >= 11 is 0. The minimum atomic E-state index is -0.618. The Labute approximate surface area is 360 Å². The average Bonchev–Trinajstić information content (AvgIpc) is 3.56. The molecule has 16 nitrogen and oxygen atoms in total. The zero-order valence-electron chi connectivity index (χ0n) is 34.6. The van der Waals surface area contributed by atoms with Crippen molar-refractivity contribution in [2.45, 2.75) is 72.8 Å². The molecule has 0 aliphatic carbocycles. The van der Waals surface area contributed by atoms with E-state index in [1.54, 1.807) is 18.2 Å². The monoisotopic (exact) mass is 836 g/mol. The van der Waals surface area contributed by atoms with E-state index < -0.39 is 17.9 Å². The van der Waals surface area contributed by atoms with Gasteiger partial charge in [0.15, 0.2) is 6.11 Å². The Hall–Kier alpha value is -7.43. The summed E-state index contributed by atoms with van der Waals surface area (Å²) in [5.41, 5.74) is 10.3. The molecule has 0 radical (unpaired) electrons. The summed E-state index contributed by atoms with van der Waals surface area (Å²) in [5, 5.41) is 11.0. The summed E-state index contributed by atoms with van der Waals surface area (Å²) in [6.07, 6.45) is 11.9. The highest BCUT2D eigenvalue weighted by Gasteiger charge is 2.21. The quantitative estimate of drug-likeness (QED) is 0.0158. The number of anilines is 5. The molecule has 0 aliphatic heterocycles. The van der Waals surface area contributed by atoms with Crippen molar-refractivity contribution in [2.24, 2.45) is 0 Å². The fraction of sp³-hybridized carbons (Fsp3) is 0.311. The number of hydrogen-bond acceptors (Lipinski definition) is 15. The van der Waals surface area contributed by atoms with Crippen molar-refractivity contribution in [2.75, 3.05) is 36.2 Å². The van der Waals surface area contributed by atoms with Crippen molar-refractivity contribution >= 4 is 47.0 Å². The molecule has 3 aromatic carbocycles. The zero-order chi connectivity index (χ0) is 43.6. The van der Waals surface area contributed by atoms with Crippen LogP contribution in [0.1, 0.15) is 107 Å². The lowest BCUT2D eigenvalue weighted by atomic mass is 10.1. The summed E-state index contributed by atoms with van der Waals surface area (Å²) in [7, 11) is 0. The third kappa shape index (κ3) is 12.8. The predicted octanol–water partition coefficient (Wildman–Crippen LogP) is 9.00. The Morgan fingerprint density at radius 3 is 1.80 bits per heavy atom. The van der Waals surface area contributed by atoms with E-state index in [1.165, 1.54) is 22.9 Å². The lowest BCUT2D eigenvalue weighted by Crippen LogP contribution is -2.14. The predicted molar refractivity (Wildman–Crippen MR) is 237 cm³/mol. The number of rotatable bonds is 21. The van der Waals surface area contributed by atoms with Gasteiger partial charge in [0, 0.05) is 34.1 Å². The Bertz CT molecular complexity index is 2400. The lowest BCUT2D eigenvalue weighted by Gasteiger charge is -2.14. The Morgan fingerprint density at radius 1 is 0.754 bits per heavy atom. The van der Waals surface area contributed by atoms with Crippen LogP contribution in [0, 0.1) is 31.3 Å². The van der Waals surface area contributed by atoms with Crippen LogP contribution in [0.2, 0.25) is 0 Å². The second-order valence-corrected chi connectivity index (χ2v) is 13.6. The van der Waals surface area contributed by atoms with Gasteiger partial charge in [-0.1, -0.05) is 70.4 Å². The first-order valence-corrected chi connectivity index (χ1v) is 19.9. The number of esters is 3. The number of terminal acetylenes is 1. The number of nitrogens with zero attached hydrogens (tertiary/aromatic N) is 5. The molecule has 2 aromatic heterocycles. The lowest BCUT2D eigenvalue weighted by molar-refractivity contribution is -0.246. The van der Waals surface area contributed by atoms with Gasteiger partial charge in [0.1, 0.15) is 12.4 Å². The van der Waals surface area contributed by atoms with Gasteiger partial charge in [-0.15, -0.1) is 6.42 Å². The van der Waals surface area contributed by atoms with Crippen molar-refractivity contribution < 1.29 is 44.1 Å². The van der Waals surface area contributed by atoms with Crippen LogP contribution >= 0.6 is 0 Å².